The largest absolute Gasteiger partial charge is 0.448 e. The fourth-order valence-corrected chi connectivity index (χ4v) is 1.64. The van der Waals surface area contributed by atoms with E-state index in [4.69, 9.17) is 16.0 Å². The summed E-state index contributed by atoms with van der Waals surface area (Å²) >= 11 is 5.66. The van der Waals surface area contributed by atoms with Crippen molar-refractivity contribution < 1.29 is 9.21 Å². The second-order valence-corrected chi connectivity index (χ2v) is 3.70. The zero-order valence-electron chi connectivity index (χ0n) is 7.71. The number of halogens is 1. The van der Waals surface area contributed by atoms with Crippen LogP contribution in [0.3, 0.4) is 0 Å². The van der Waals surface area contributed by atoms with E-state index in [0.29, 0.717) is 11.8 Å². The van der Waals surface area contributed by atoms with Gasteiger partial charge in [0.2, 0.25) is 5.91 Å². The van der Waals surface area contributed by atoms with Gasteiger partial charge >= 0.3 is 0 Å². The number of rotatable bonds is 1. The summed E-state index contributed by atoms with van der Waals surface area (Å²) in [6, 6.07) is 3.32. The molecule has 0 spiro atoms. The molecule has 2 unspecified atom stereocenters. The van der Waals surface area contributed by atoms with Crippen LogP contribution in [0, 0.1) is 0 Å². The Kier molecular flexibility index (Phi) is 2.48. The molecule has 1 aliphatic heterocycles. The van der Waals surface area contributed by atoms with Crippen molar-refractivity contribution in [2.24, 2.45) is 0 Å². The molecule has 1 fully saturated rings. The molecule has 0 radical (unpaired) electrons. The van der Waals surface area contributed by atoms with Gasteiger partial charge in [0, 0.05) is 6.54 Å². The van der Waals surface area contributed by atoms with Crippen LogP contribution in [-0.2, 0) is 4.79 Å². The summed E-state index contributed by atoms with van der Waals surface area (Å²) in [4.78, 5) is 11.1. The molecule has 1 aromatic heterocycles. The molecular formula is C9H11ClN2O2. The average Bonchev–Trinajstić information content (AvgIpc) is 2.57. The highest BCUT2D eigenvalue weighted by molar-refractivity contribution is 6.28. The van der Waals surface area contributed by atoms with Crippen LogP contribution in [0.4, 0.5) is 0 Å². The average molecular weight is 215 g/mol. The van der Waals surface area contributed by atoms with Gasteiger partial charge < -0.3 is 9.73 Å². The number of hydrogen-bond donors (Lipinski definition) is 2. The van der Waals surface area contributed by atoms with Gasteiger partial charge in [0.05, 0.1) is 12.1 Å². The molecule has 1 aromatic rings. The molecule has 0 aromatic carbocycles. The molecule has 14 heavy (non-hydrogen) atoms. The molecule has 1 saturated heterocycles. The molecule has 76 valence electrons. The third-order valence-electron chi connectivity index (χ3n) is 2.26. The van der Waals surface area contributed by atoms with Gasteiger partial charge in [-0.1, -0.05) is 0 Å². The minimum Gasteiger partial charge on any atom is -0.448 e. The fourth-order valence-electron chi connectivity index (χ4n) is 1.49. The van der Waals surface area contributed by atoms with Crippen LogP contribution in [0.2, 0.25) is 5.22 Å². The highest BCUT2D eigenvalue weighted by Gasteiger charge is 2.26. The normalized spacial score (nSPS) is 27.4. The van der Waals surface area contributed by atoms with Crippen molar-refractivity contribution in [2.45, 2.75) is 19.0 Å². The van der Waals surface area contributed by atoms with Crippen LogP contribution < -0.4 is 10.6 Å². The molecule has 0 aliphatic carbocycles. The maximum absolute atomic E-state index is 11.1. The SMILES string of the molecule is CC1NC(c2ccc(Cl)o2)CNC1=O. The Morgan fingerprint density at radius 1 is 1.57 bits per heavy atom. The van der Waals surface area contributed by atoms with E-state index in [9.17, 15) is 4.79 Å². The van der Waals surface area contributed by atoms with Crippen molar-refractivity contribution >= 4 is 17.5 Å². The maximum atomic E-state index is 11.1. The number of carbonyl (C=O) groups is 1. The number of amides is 1. The standard InChI is InChI=1S/C9H11ClN2O2/c1-5-9(13)11-4-6(12-5)7-2-3-8(10)14-7/h2-3,5-6,12H,4H2,1H3,(H,11,13). The summed E-state index contributed by atoms with van der Waals surface area (Å²) < 4.78 is 5.26. The third-order valence-corrected chi connectivity index (χ3v) is 2.47. The Balaban J connectivity index is 2.10. The lowest BCUT2D eigenvalue weighted by Gasteiger charge is -2.27. The first-order valence-electron chi connectivity index (χ1n) is 4.46. The van der Waals surface area contributed by atoms with Crippen molar-refractivity contribution in [2.75, 3.05) is 6.54 Å². The van der Waals surface area contributed by atoms with Crippen molar-refractivity contribution in [1.82, 2.24) is 10.6 Å². The van der Waals surface area contributed by atoms with E-state index in [1.165, 1.54) is 0 Å². The monoisotopic (exact) mass is 214 g/mol. The first kappa shape index (κ1) is 9.55. The van der Waals surface area contributed by atoms with Crippen molar-refractivity contribution in [3.05, 3.63) is 23.1 Å². The Bertz CT molecular complexity index is 350. The number of nitrogens with one attached hydrogen (secondary N) is 2. The van der Waals surface area contributed by atoms with Crippen molar-refractivity contribution in [3.63, 3.8) is 0 Å². The molecule has 0 saturated carbocycles. The summed E-state index contributed by atoms with van der Waals surface area (Å²) in [6.07, 6.45) is 0. The van der Waals surface area contributed by atoms with E-state index in [1.807, 2.05) is 13.0 Å². The van der Waals surface area contributed by atoms with Gasteiger partial charge in [-0.25, -0.2) is 0 Å². The highest BCUT2D eigenvalue weighted by Crippen LogP contribution is 2.21. The second kappa shape index (κ2) is 3.63. The molecule has 2 atom stereocenters. The van der Waals surface area contributed by atoms with Gasteiger partial charge in [-0.2, -0.15) is 0 Å². The number of furan rings is 1. The Hall–Kier alpha value is -1.00. The summed E-state index contributed by atoms with van der Waals surface area (Å²) in [6.45, 7) is 2.35. The van der Waals surface area contributed by atoms with Gasteiger partial charge in [-0.3, -0.25) is 10.1 Å². The molecule has 0 bridgehead atoms. The second-order valence-electron chi connectivity index (χ2n) is 3.33. The van der Waals surface area contributed by atoms with Crippen LogP contribution in [0.15, 0.2) is 16.5 Å². The zero-order chi connectivity index (χ0) is 10.1. The van der Waals surface area contributed by atoms with Gasteiger partial charge in [-0.15, -0.1) is 0 Å². The van der Waals surface area contributed by atoms with E-state index in [-0.39, 0.29) is 18.0 Å². The number of piperazine rings is 1. The number of carbonyl (C=O) groups excluding carboxylic acids is 1. The minimum atomic E-state index is -0.197. The summed E-state index contributed by atoms with van der Waals surface area (Å²) in [5.41, 5.74) is 0. The lowest BCUT2D eigenvalue weighted by Crippen LogP contribution is -2.52. The van der Waals surface area contributed by atoms with Crippen LogP contribution >= 0.6 is 11.6 Å². The lowest BCUT2D eigenvalue weighted by molar-refractivity contribution is -0.124. The lowest BCUT2D eigenvalue weighted by atomic mass is 10.1. The molecular weight excluding hydrogens is 204 g/mol. The maximum Gasteiger partial charge on any atom is 0.236 e. The first-order chi connectivity index (χ1) is 6.66. The van der Waals surface area contributed by atoms with Crippen LogP contribution in [0.5, 0.6) is 0 Å². The summed E-state index contributed by atoms with van der Waals surface area (Å²) in [7, 11) is 0. The molecule has 5 heteroatoms. The first-order valence-corrected chi connectivity index (χ1v) is 4.83. The van der Waals surface area contributed by atoms with E-state index in [1.54, 1.807) is 6.07 Å². The minimum absolute atomic E-state index is 0.00944. The Morgan fingerprint density at radius 2 is 2.36 bits per heavy atom. The molecule has 1 aliphatic rings. The number of hydrogen-bond acceptors (Lipinski definition) is 3. The Morgan fingerprint density at radius 3 is 2.93 bits per heavy atom. The predicted octanol–water partition coefficient (Wildman–Crippen LogP) is 1.08. The summed E-state index contributed by atoms with van der Waals surface area (Å²) in [5, 5.41) is 6.28. The van der Waals surface area contributed by atoms with E-state index >= 15 is 0 Å². The van der Waals surface area contributed by atoms with Gasteiger partial charge in [0.1, 0.15) is 5.76 Å². The van der Waals surface area contributed by atoms with Crippen molar-refractivity contribution in [1.29, 1.82) is 0 Å². The van der Waals surface area contributed by atoms with E-state index < -0.39 is 0 Å². The van der Waals surface area contributed by atoms with Gasteiger partial charge in [0.25, 0.3) is 0 Å². The molecule has 4 nitrogen and oxygen atoms in total. The third kappa shape index (κ3) is 1.76. The molecule has 1 amide bonds. The van der Waals surface area contributed by atoms with Gasteiger partial charge in [-0.05, 0) is 30.7 Å². The van der Waals surface area contributed by atoms with Crippen LogP contribution in [0.25, 0.3) is 0 Å². The van der Waals surface area contributed by atoms with E-state index in [2.05, 4.69) is 10.6 Å². The van der Waals surface area contributed by atoms with E-state index in [0.717, 1.165) is 5.76 Å². The predicted molar refractivity (Wildman–Crippen MR) is 52.1 cm³/mol. The Labute approximate surface area is 86.6 Å². The fraction of sp³-hybridized carbons (Fsp3) is 0.444. The zero-order valence-corrected chi connectivity index (χ0v) is 8.47. The van der Waals surface area contributed by atoms with Crippen molar-refractivity contribution in [3.8, 4) is 0 Å². The van der Waals surface area contributed by atoms with Crippen LogP contribution in [-0.4, -0.2) is 18.5 Å². The molecule has 2 rings (SSSR count). The topological polar surface area (TPSA) is 54.3 Å². The smallest absolute Gasteiger partial charge is 0.236 e. The quantitative estimate of drug-likeness (QED) is 0.736. The molecule has 2 heterocycles. The summed E-state index contributed by atoms with van der Waals surface area (Å²) in [5.74, 6) is 0.765. The molecule has 2 N–H and O–H groups in total. The van der Waals surface area contributed by atoms with Crippen LogP contribution in [0.1, 0.15) is 18.7 Å². The van der Waals surface area contributed by atoms with Gasteiger partial charge in [0.15, 0.2) is 5.22 Å². The highest BCUT2D eigenvalue weighted by atomic mass is 35.5.